The molecule has 7 nitrogen and oxygen atoms in total. The summed E-state index contributed by atoms with van der Waals surface area (Å²) in [4.78, 5) is 23.3. The van der Waals surface area contributed by atoms with E-state index in [2.05, 4.69) is 10.6 Å². The van der Waals surface area contributed by atoms with Crippen molar-refractivity contribution in [3.05, 3.63) is 59.7 Å². The summed E-state index contributed by atoms with van der Waals surface area (Å²) in [5.74, 6) is -0.468. The molecule has 0 bridgehead atoms. The molecule has 0 aliphatic rings. The molecule has 0 atom stereocenters. The molecule has 0 fully saturated rings. The number of anilines is 1. The Morgan fingerprint density at radius 2 is 1.65 bits per heavy atom. The van der Waals surface area contributed by atoms with Gasteiger partial charge in [0.05, 0.1) is 15.7 Å². The molecular weight excluding hydrogens is 354 g/mol. The van der Waals surface area contributed by atoms with E-state index in [1.807, 2.05) is 0 Å². The molecule has 0 saturated carbocycles. The lowest BCUT2D eigenvalue weighted by Gasteiger charge is -2.13. The van der Waals surface area contributed by atoms with Crippen LogP contribution in [0.15, 0.2) is 53.4 Å². The number of benzene rings is 2. The Hall–Kier alpha value is -2.87. The van der Waals surface area contributed by atoms with Gasteiger partial charge in [-0.3, -0.25) is 4.79 Å². The van der Waals surface area contributed by atoms with E-state index in [1.54, 1.807) is 50.2 Å². The van der Waals surface area contributed by atoms with Gasteiger partial charge in [0.2, 0.25) is 0 Å². The minimum absolute atomic E-state index is 0.0218. The average molecular weight is 375 g/mol. The van der Waals surface area contributed by atoms with Crippen molar-refractivity contribution in [2.45, 2.75) is 30.5 Å². The number of urea groups is 1. The van der Waals surface area contributed by atoms with Crippen LogP contribution in [0.5, 0.6) is 0 Å². The smallest absolute Gasteiger partial charge is 0.316 e. The molecular formula is C18H21N3O4S. The Kier molecular flexibility index (Phi) is 5.99. The van der Waals surface area contributed by atoms with Gasteiger partial charge in [0, 0.05) is 12.2 Å². The number of rotatable bonds is 6. The SMILES string of the molecule is CC(C)S(=O)(=O)c1ccccc1C(=O)NCc1ccc(NC(N)=O)cc1. The van der Waals surface area contributed by atoms with Crippen molar-refractivity contribution in [2.24, 2.45) is 5.73 Å². The molecule has 138 valence electrons. The highest BCUT2D eigenvalue weighted by Gasteiger charge is 2.25. The lowest BCUT2D eigenvalue weighted by Crippen LogP contribution is -2.26. The van der Waals surface area contributed by atoms with Crippen LogP contribution in [0.25, 0.3) is 0 Å². The van der Waals surface area contributed by atoms with E-state index in [-0.39, 0.29) is 17.0 Å². The Labute approximate surface area is 152 Å². The van der Waals surface area contributed by atoms with Crippen molar-refractivity contribution < 1.29 is 18.0 Å². The number of sulfone groups is 1. The van der Waals surface area contributed by atoms with Crippen molar-refractivity contribution in [1.29, 1.82) is 0 Å². The highest BCUT2D eigenvalue weighted by Crippen LogP contribution is 2.20. The van der Waals surface area contributed by atoms with Gasteiger partial charge in [0.15, 0.2) is 9.84 Å². The molecule has 3 amide bonds. The van der Waals surface area contributed by atoms with Gasteiger partial charge in [0.1, 0.15) is 0 Å². The summed E-state index contributed by atoms with van der Waals surface area (Å²) in [6.07, 6.45) is 0. The van der Waals surface area contributed by atoms with Crippen molar-refractivity contribution in [1.82, 2.24) is 5.32 Å². The zero-order valence-corrected chi connectivity index (χ0v) is 15.3. The van der Waals surface area contributed by atoms with Crippen LogP contribution in [-0.2, 0) is 16.4 Å². The molecule has 0 aliphatic carbocycles. The first kappa shape index (κ1) is 19.5. The molecule has 26 heavy (non-hydrogen) atoms. The molecule has 2 rings (SSSR count). The molecule has 0 radical (unpaired) electrons. The minimum atomic E-state index is -3.57. The van der Waals surface area contributed by atoms with Crippen molar-refractivity contribution in [3.8, 4) is 0 Å². The number of hydrogen-bond acceptors (Lipinski definition) is 4. The van der Waals surface area contributed by atoms with Gasteiger partial charge in [-0.25, -0.2) is 13.2 Å². The van der Waals surface area contributed by atoms with Gasteiger partial charge in [-0.1, -0.05) is 24.3 Å². The lowest BCUT2D eigenvalue weighted by atomic mass is 10.2. The van der Waals surface area contributed by atoms with Gasteiger partial charge in [-0.15, -0.1) is 0 Å². The molecule has 2 aromatic carbocycles. The monoisotopic (exact) mass is 375 g/mol. The van der Waals surface area contributed by atoms with E-state index < -0.39 is 27.0 Å². The molecule has 0 spiro atoms. The quantitative estimate of drug-likeness (QED) is 0.718. The van der Waals surface area contributed by atoms with Gasteiger partial charge >= 0.3 is 6.03 Å². The zero-order valence-electron chi connectivity index (χ0n) is 14.5. The molecule has 0 saturated heterocycles. The number of carbonyl (C=O) groups excluding carboxylic acids is 2. The third-order valence-electron chi connectivity index (χ3n) is 3.73. The fourth-order valence-electron chi connectivity index (χ4n) is 2.28. The largest absolute Gasteiger partial charge is 0.351 e. The highest BCUT2D eigenvalue weighted by molar-refractivity contribution is 7.92. The first-order valence-electron chi connectivity index (χ1n) is 7.98. The summed E-state index contributed by atoms with van der Waals surface area (Å²) in [7, 11) is -3.57. The molecule has 0 aliphatic heterocycles. The fraction of sp³-hybridized carbons (Fsp3) is 0.222. The topological polar surface area (TPSA) is 118 Å². The van der Waals surface area contributed by atoms with Crippen molar-refractivity contribution in [3.63, 3.8) is 0 Å². The second kappa shape index (κ2) is 8.01. The van der Waals surface area contributed by atoms with E-state index in [1.165, 1.54) is 12.1 Å². The zero-order chi connectivity index (χ0) is 19.3. The van der Waals surface area contributed by atoms with Crippen LogP contribution in [0.3, 0.4) is 0 Å². The van der Waals surface area contributed by atoms with Crippen LogP contribution in [0, 0.1) is 0 Å². The second-order valence-electron chi connectivity index (χ2n) is 5.96. The van der Waals surface area contributed by atoms with Crippen LogP contribution in [0.1, 0.15) is 29.8 Å². The predicted octanol–water partition coefficient (Wildman–Crippen LogP) is 2.29. The van der Waals surface area contributed by atoms with Crippen molar-refractivity contribution >= 4 is 27.5 Å². The van der Waals surface area contributed by atoms with E-state index in [0.29, 0.717) is 5.69 Å². The van der Waals surface area contributed by atoms with Crippen LogP contribution >= 0.6 is 0 Å². The Balaban J connectivity index is 2.13. The van der Waals surface area contributed by atoms with Gasteiger partial charge in [-0.2, -0.15) is 0 Å². The molecule has 0 aromatic heterocycles. The molecule has 0 unspecified atom stereocenters. The number of carbonyl (C=O) groups is 2. The Bertz CT molecular complexity index is 906. The average Bonchev–Trinajstić information content (AvgIpc) is 2.60. The van der Waals surface area contributed by atoms with Gasteiger partial charge in [0.25, 0.3) is 5.91 Å². The first-order chi connectivity index (χ1) is 12.2. The third-order valence-corrected chi connectivity index (χ3v) is 5.94. The second-order valence-corrected chi connectivity index (χ2v) is 8.43. The van der Waals surface area contributed by atoms with Crippen LogP contribution in [-0.4, -0.2) is 25.6 Å². The predicted molar refractivity (Wildman–Crippen MR) is 99.6 cm³/mol. The number of nitrogens with one attached hydrogen (secondary N) is 2. The lowest BCUT2D eigenvalue weighted by molar-refractivity contribution is 0.0947. The van der Waals surface area contributed by atoms with E-state index in [0.717, 1.165) is 5.56 Å². The van der Waals surface area contributed by atoms with Crippen LogP contribution in [0.4, 0.5) is 10.5 Å². The number of amides is 3. The first-order valence-corrected chi connectivity index (χ1v) is 9.53. The molecule has 8 heteroatoms. The highest BCUT2D eigenvalue weighted by atomic mass is 32.2. The fourth-order valence-corrected chi connectivity index (χ4v) is 3.53. The number of primary amides is 1. The van der Waals surface area contributed by atoms with E-state index >= 15 is 0 Å². The summed E-state index contributed by atoms with van der Waals surface area (Å²) in [6, 6.07) is 12.2. The van der Waals surface area contributed by atoms with Gasteiger partial charge in [-0.05, 0) is 43.7 Å². The van der Waals surface area contributed by atoms with Crippen LogP contribution in [0.2, 0.25) is 0 Å². The molecule has 4 N–H and O–H groups in total. The summed E-state index contributed by atoms with van der Waals surface area (Å²) >= 11 is 0. The minimum Gasteiger partial charge on any atom is -0.351 e. The maximum Gasteiger partial charge on any atom is 0.316 e. The third kappa shape index (κ3) is 4.60. The summed E-state index contributed by atoms with van der Waals surface area (Å²) in [6.45, 7) is 3.36. The van der Waals surface area contributed by atoms with Gasteiger partial charge < -0.3 is 16.4 Å². The normalized spacial score (nSPS) is 11.2. The molecule has 2 aromatic rings. The maximum atomic E-state index is 12.5. The van der Waals surface area contributed by atoms with Crippen LogP contribution < -0.4 is 16.4 Å². The summed E-state index contributed by atoms with van der Waals surface area (Å²) < 4.78 is 24.9. The summed E-state index contributed by atoms with van der Waals surface area (Å²) in [5, 5.41) is 4.53. The van der Waals surface area contributed by atoms with E-state index in [4.69, 9.17) is 5.73 Å². The number of nitrogens with two attached hydrogens (primary N) is 1. The number of hydrogen-bond donors (Lipinski definition) is 3. The maximum absolute atomic E-state index is 12.5. The Morgan fingerprint density at radius 3 is 2.23 bits per heavy atom. The molecule has 0 heterocycles. The van der Waals surface area contributed by atoms with E-state index in [9.17, 15) is 18.0 Å². The standard InChI is InChI=1S/C18H21N3O4S/c1-12(2)26(24,25)16-6-4-3-5-15(16)17(22)20-11-13-7-9-14(10-8-13)21-18(19)23/h3-10,12H,11H2,1-2H3,(H,20,22)(H3,19,21,23). The Morgan fingerprint density at radius 1 is 1.04 bits per heavy atom. The summed E-state index contributed by atoms with van der Waals surface area (Å²) in [5.41, 5.74) is 6.49. The van der Waals surface area contributed by atoms with Crippen molar-refractivity contribution in [2.75, 3.05) is 5.32 Å².